The van der Waals surface area contributed by atoms with Gasteiger partial charge >= 0.3 is 6.01 Å². The number of halogens is 2. The van der Waals surface area contributed by atoms with Crippen molar-refractivity contribution in [3.8, 4) is 6.01 Å². The fourth-order valence-electron chi connectivity index (χ4n) is 7.10. The highest BCUT2D eigenvalue weighted by atomic mass is 35.5. The third-order valence-electron chi connectivity index (χ3n) is 9.16. The second-order valence-electron chi connectivity index (χ2n) is 13.0. The Hall–Kier alpha value is -3.78. The van der Waals surface area contributed by atoms with Gasteiger partial charge in [-0.25, -0.2) is 11.0 Å². The van der Waals surface area contributed by atoms with Crippen molar-refractivity contribution >= 4 is 34.1 Å². The average molecular weight is 633 g/mol. The summed E-state index contributed by atoms with van der Waals surface area (Å²) in [6.45, 7) is 17.9. The SMILES string of the molecule is [C-]#[N+]C[C@H]1CN(c2nc(OC[C@@H]3CC(C)(C)CN3C)nc3c2COC(c2cccc4cccc(Cl)c24)C3)CCN1C(=O)C(=C)F. The van der Waals surface area contributed by atoms with E-state index in [2.05, 4.69) is 37.2 Å². The zero-order valence-electron chi connectivity index (χ0n) is 25.9. The quantitative estimate of drug-likeness (QED) is 0.247. The Kier molecular flexibility index (Phi) is 8.70. The Bertz CT molecular complexity index is 1670. The second-order valence-corrected chi connectivity index (χ2v) is 13.4. The van der Waals surface area contributed by atoms with Crippen LogP contribution < -0.4 is 9.64 Å². The van der Waals surface area contributed by atoms with E-state index in [1.54, 1.807) is 0 Å². The molecule has 1 amide bonds. The number of fused-ring (bicyclic) bond motifs is 2. The van der Waals surface area contributed by atoms with E-state index >= 15 is 0 Å². The lowest BCUT2D eigenvalue weighted by molar-refractivity contribution is -0.131. The van der Waals surface area contributed by atoms with E-state index in [1.807, 2.05) is 41.3 Å². The Morgan fingerprint density at radius 3 is 2.71 bits per heavy atom. The monoisotopic (exact) mass is 632 g/mol. The van der Waals surface area contributed by atoms with E-state index in [4.69, 9.17) is 37.6 Å². The molecule has 0 radical (unpaired) electrons. The smallest absolute Gasteiger partial charge is 0.318 e. The van der Waals surface area contributed by atoms with Crippen LogP contribution in [0.15, 0.2) is 48.8 Å². The van der Waals surface area contributed by atoms with Crippen molar-refractivity contribution in [1.29, 1.82) is 0 Å². The Morgan fingerprint density at radius 1 is 1.22 bits per heavy atom. The van der Waals surface area contributed by atoms with E-state index in [0.29, 0.717) is 37.0 Å². The highest BCUT2D eigenvalue weighted by Crippen LogP contribution is 2.40. The standard InChI is InChI=1S/C34H38ClFN6O3/c1-21(36)32(43)42-13-12-41(17-24(42)16-37-4)31-26-19-44-29(25-10-6-8-22-9-7-11-27(35)30(22)25)14-28(26)38-33(39-31)45-18-23-15-34(2,3)20-40(23)5/h6-11,23-24,29H,1,12-20H2,2-3,5H3/t23-,24-,29?/m0/s1. The van der Waals surface area contributed by atoms with Crippen LogP contribution in [0, 0.1) is 12.0 Å². The van der Waals surface area contributed by atoms with Crippen LogP contribution in [0.25, 0.3) is 15.6 Å². The maximum atomic E-state index is 13.8. The van der Waals surface area contributed by atoms with Gasteiger partial charge in [0.25, 0.3) is 5.91 Å². The van der Waals surface area contributed by atoms with Gasteiger partial charge in [0.05, 0.1) is 18.4 Å². The van der Waals surface area contributed by atoms with Crippen LogP contribution in [0.1, 0.15) is 43.2 Å². The van der Waals surface area contributed by atoms with Gasteiger partial charge in [-0.2, -0.15) is 9.97 Å². The Labute approximate surface area is 268 Å². The molecule has 6 rings (SSSR count). The molecular weight excluding hydrogens is 595 g/mol. The molecule has 0 aliphatic carbocycles. The summed E-state index contributed by atoms with van der Waals surface area (Å²) in [6.07, 6.45) is 1.22. The Balaban J connectivity index is 1.34. The van der Waals surface area contributed by atoms with Crippen LogP contribution in [0.3, 0.4) is 0 Å². The molecule has 2 aromatic carbocycles. The summed E-state index contributed by atoms with van der Waals surface area (Å²) in [6, 6.07) is 12.0. The molecule has 4 heterocycles. The minimum absolute atomic E-state index is 0.0381. The molecule has 0 bridgehead atoms. The molecule has 2 fully saturated rings. The maximum Gasteiger partial charge on any atom is 0.318 e. The van der Waals surface area contributed by atoms with Crippen LogP contribution in [0.2, 0.25) is 5.02 Å². The van der Waals surface area contributed by atoms with Crippen molar-refractivity contribution in [2.45, 2.75) is 51.5 Å². The molecule has 236 valence electrons. The third kappa shape index (κ3) is 6.35. The van der Waals surface area contributed by atoms with Crippen LogP contribution in [-0.4, -0.2) is 84.1 Å². The zero-order valence-corrected chi connectivity index (χ0v) is 26.7. The van der Waals surface area contributed by atoms with Crippen molar-refractivity contribution < 1.29 is 18.7 Å². The van der Waals surface area contributed by atoms with Crippen LogP contribution >= 0.6 is 11.6 Å². The number of piperazine rings is 1. The van der Waals surface area contributed by atoms with Gasteiger partial charge in [-0.1, -0.05) is 62.4 Å². The number of rotatable bonds is 7. The molecule has 3 aromatic rings. The van der Waals surface area contributed by atoms with Gasteiger partial charge in [0.1, 0.15) is 18.5 Å². The van der Waals surface area contributed by atoms with Crippen LogP contribution in [0.4, 0.5) is 10.2 Å². The van der Waals surface area contributed by atoms with E-state index < -0.39 is 17.8 Å². The number of hydrogen-bond donors (Lipinski definition) is 0. The van der Waals surface area contributed by atoms with Gasteiger partial charge in [-0.3, -0.25) is 9.69 Å². The summed E-state index contributed by atoms with van der Waals surface area (Å²) in [7, 11) is 2.11. The van der Waals surface area contributed by atoms with Gasteiger partial charge in [-0.15, -0.1) is 0 Å². The number of anilines is 1. The first-order chi connectivity index (χ1) is 21.5. The molecular formula is C34H38ClFN6O3. The lowest BCUT2D eigenvalue weighted by Gasteiger charge is -2.40. The van der Waals surface area contributed by atoms with E-state index in [9.17, 15) is 9.18 Å². The minimum atomic E-state index is -1.03. The number of ether oxygens (including phenoxy) is 2. The predicted molar refractivity (Wildman–Crippen MR) is 172 cm³/mol. The largest absolute Gasteiger partial charge is 0.462 e. The predicted octanol–water partition coefficient (Wildman–Crippen LogP) is 5.63. The number of likely N-dealkylation sites (N-methyl/N-ethyl adjacent to an activating group) is 1. The molecule has 0 saturated carbocycles. The molecule has 0 spiro atoms. The molecule has 3 aliphatic rings. The number of hydrogen-bond acceptors (Lipinski definition) is 7. The van der Waals surface area contributed by atoms with Crippen molar-refractivity contribution in [1.82, 2.24) is 19.8 Å². The topological polar surface area (TPSA) is 75.4 Å². The molecule has 2 saturated heterocycles. The van der Waals surface area contributed by atoms with Crippen molar-refractivity contribution in [2.75, 3.05) is 51.3 Å². The number of benzene rings is 2. The molecule has 1 aromatic heterocycles. The van der Waals surface area contributed by atoms with E-state index in [0.717, 1.165) is 40.6 Å². The molecule has 11 heteroatoms. The van der Waals surface area contributed by atoms with Crippen molar-refractivity contribution in [3.63, 3.8) is 0 Å². The summed E-state index contributed by atoms with van der Waals surface area (Å²) in [5.41, 5.74) is 2.87. The number of aromatic nitrogens is 2. The fourth-order valence-corrected chi connectivity index (χ4v) is 7.39. The number of carbonyl (C=O) groups excluding carboxylic acids is 1. The average Bonchev–Trinajstić information content (AvgIpc) is 3.29. The number of amides is 1. The summed E-state index contributed by atoms with van der Waals surface area (Å²) < 4.78 is 26.6. The normalized spacial score (nSPS) is 23.1. The van der Waals surface area contributed by atoms with Gasteiger partial charge in [0.2, 0.25) is 6.54 Å². The maximum absolute atomic E-state index is 13.8. The lowest BCUT2D eigenvalue weighted by Crippen LogP contribution is -2.57. The molecule has 9 nitrogen and oxygen atoms in total. The third-order valence-corrected chi connectivity index (χ3v) is 9.48. The lowest BCUT2D eigenvalue weighted by atomic mass is 9.91. The highest BCUT2D eigenvalue weighted by Gasteiger charge is 2.38. The highest BCUT2D eigenvalue weighted by molar-refractivity contribution is 6.35. The first-order valence-electron chi connectivity index (χ1n) is 15.3. The first kappa shape index (κ1) is 31.2. The van der Waals surface area contributed by atoms with E-state index in [-0.39, 0.29) is 43.3 Å². The van der Waals surface area contributed by atoms with Crippen molar-refractivity contribution in [3.05, 3.63) is 82.1 Å². The Morgan fingerprint density at radius 2 is 2.00 bits per heavy atom. The second kappa shape index (κ2) is 12.5. The number of carbonyl (C=O) groups is 1. The van der Waals surface area contributed by atoms with Gasteiger partial charge < -0.3 is 24.1 Å². The van der Waals surface area contributed by atoms with Gasteiger partial charge in [0.15, 0.2) is 5.83 Å². The summed E-state index contributed by atoms with van der Waals surface area (Å²) in [5.74, 6) is -1.15. The molecule has 45 heavy (non-hydrogen) atoms. The minimum Gasteiger partial charge on any atom is -0.462 e. The molecule has 0 N–H and O–H groups in total. The van der Waals surface area contributed by atoms with Crippen LogP contribution in [-0.2, 0) is 22.6 Å². The first-order valence-corrected chi connectivity index (χ1v) is 15.7. The van der Waals surface area contributed by atoms with Crippen LogP contribution in [0.5, 0.6) is 6.01 Å². The molecule has 3 aliphatic heterocycles. The number of nitrogens with zero attached hydrogens (tertiary/aromatic N) is 6. The number of likely N-dealkylation sites (tertiary alicyclic amines) is 1. The van der Waals surface area contributed by atoms with Gasteiger partial charge in [0, 0.05) is 54.6 Å². The molecule has 1 unspecified atom stereocenters. The van der Waals surface area contributed by atoms with Crippen molar-refractivity contribution in [2.24, 2.45) is 5.41 Å². The summed E-state index contributed by atoms with van der Waals surface area (Å²) in [5, 5.41) is 2.67. The summed E-state index contributed by atoms with van der Waals surface area (Å²) in [4.78, 5) is 31.6. The summed E-state index contributed by atoms with van der Waals surface area (Å²) >= 11 is 6.67. The zero-order chi connectivity index (χ0) is 31.9. The fraction of sp³-hybridized carbons (Fsp3) is 0.471. The van der Waals surface area contributed by atoms with E-state index in [1.165, 1.54) is 4.90 Å². The van der Waals surface area contributed by atoms with Gasteiger partial charge in [-0.05, 0) is 35.9 Å². The molecule has 3 atom stereocenters.